The van der Waals surface area contributed by atoms with Crippen LogP contribution in [0, 0.1) is 0 Å². The molecule has 2 aromatic rings. The van der Waals surface area contributed by atoms with Gasteiger partial charge in [-0.05, 0) is 47.2 Å². The second-order valence-corrected chi connectivity index (χ2v) is 5.57. The molecule has 0 saturated carbocycles. The summed E-state index contributed by atoms with van der Waals surface area (Å²) < 4.78 is 10.9. The van der Waals surface area contributed by atoms with Gasteiger partial charge in [0.15, 0.2) is 0 Å². The van der Waals surface area contributed by atoms with E-state index < -0.39 is 0 Å². The second kappa shape index (κ2) is 7.35. The first-order valence-electron chi connectivity index (χ1n) is 7.98. The van der Waals surface area contributed by atoms with Crippen molar-refractivity contribution < 1.29 is 9.47 Å². The molecule has 118 valence electrons. The minimum Gasteiger partial charge on any atom is -0.496 e. The summed E-state index contributed by atoms with van der Waals surface area (Å²) in [6, 6.07) is 13.0. The van der Waals surface area contributed by atoms with E-state index in [2.05, 4.69) is 57.2 Å². The van der Waals surface area contributed by atoms with Crippen molar-refractivity contribution in [1.29, 1.82) is 0 Å². The van der Waals surface area contributed by atoms with Gasteiger partial charge in [-0.3, -0.25) is 0 Å². The Hall–Kier alpha value is -1.96. The molecule has 2 rings (SSSR count). The molecule has 2 heteroatoms. The summed E-state index contributed by atoms with van der Waals surface area (Å²) in [5.74, 6) is 2.30. The molecule has 0 spiro atoms. The average molecular weight is 298 g/mol. The van der Waals surface area contributed by atoms with E-state index in [1.807, 2.05) is 0 Å². The van der Waals surface area contributed by atoms with Gasteiger partial charge in [-0.25, -0.2) is 0 Å². The fraction of sp³-hybridized carbons (Fsp3) is 0.400. The predicted octanol–water partition coefficient (Wildman–Crippen LogP) is 4.98. The number of aryl methyl sites for hydroxylation is 2. The van der Waals surface area contributed by atoms with Gasteiger partial charge in [0.05, 0.1) is 14.2 Å². The number of benzene rings is 2. The van der Waals surface area contributed by atoms with Crippen LogP contribution in [0.15, 0.2) is 36.4 Å². The summed E-state index contributed by atoms with van der Waals surface area (Å²) in [6.45, 7) is 6.58. The van der Waals surface area contributed by atoms with Gasteiger partial charge < -0.3 is 9.47 Å². The molecule has 2 aromatic carbocycles. The van der Waals surface area contributed by atoms with Gasteiger partial charge in [-0.15, -0.1) is 0 Å². The lowest BCUT2D eigenvalue weighted by molar-refractivity contribution is 0.409. The summed E-state index contributed by atoms with van der Waals surface area (Å²) in [4.78, 5) is 0. The van der Waals surface area contributed by atoms with E-state index in [-0.39, 0.29) is 0 Å². The van der Waals surface area contributed by atoms with Crippen LogP contribution in [0.2, 0.25) is 0 Å². The molecule has 0 aliphatic carbocycles. The number of methoxy groups -OCH3 is 2. The lowest BCUT2D eigenvalue weighted by Gasteiger charge is -2.17. The molecule has 2 nitrogen and oxygen atoms in total. The molecular weight excluding hydrogens is 272 g/mol. The molecule has 0 aliphatic rings. The Morgan fingerprint density at radius 2 is 1.18 bits per heavy atom. The van der Waals surface area contributed by atoms with Crippen LogP contribution in [-0.2, 0) is 12.8 Å². The van der Waals surface area contributed by atoms with Crippen molar-refractivity contribution in [3.05, 3.63) is 58.7 Å². The topological polar surface area (TPSA) is 18.5 Å². The van der Waals surface area contributed by atoms with Crippen LogP contribution in [0.4, 0.5) is 0 Å². The highest BCUT2D eigenvalue weighted by atomic mass is 16.5. The zero-order valence-electron chi connectivity index (χ0n) is 14.3. The van der Waals surface area contributed by atoms with Crippen molar-refractivity contribution in [3.63, 3.8) is 0 Å². The number of ether oxygens (including phenoxy) is 2. The summed E-state index contributed by atoms with van der Waals surface area (Å²) in [7, 11) is 3.46. The fourth-order valence-electron chi connectivity index (χ4n) is 2.88. The van der Waals surface area contributed by atoms with Crippen LogP contribution in [-0.4, -0.2) is 14.2 Å². The van der Waals surface area contributed by atoms with Crippen LogP contribution in [0.3, 0.4) is 0 Å². The van der Waals surface area contributed by atoms with Gasteiger partial charge in [0.25, 0.3) is 0 Å². The maximum atomic E-state index is 5.43. The molecule has 0 aliphatic heterocycles. The van der Waals surface area contributed by atoms with Crippen molar-refractivity contribution in [1.82, 2.24) is 0 Å². The van der Waals surface area contributed by atoms with Gasteiger partial charge in [0.1, 0.15) is 11.5 Å². The molecule has 0 N–H and O–H groups in total. The molecule has 0 bridgehead atoms. The Kier molecular flexibility index (Phi) is 5.48. The van der Waals surface area contributed by atoms with E-state index in [4.69, 9.17) is 9.47 Å². The first-order chi connectivity index (χ1) is 10.6. The van der Waals surface area contributed by atoms with Crippen LogP contribution < -0.4 is 9.47 Å². The van der Waals surface area contributed by atoms with E-state index in [0.717, 1.165) is 24.3 Å². The first kappa shape index (κ1) is 16.4. The Morgan fingerprint density at radius 3 is 1.50 bits per heavy atom. The van der Waals surface area contributed by atoms with Crippen LogP contribution in [0.25, 0.3) is 0 Å². The number of hydrogen-bond acceptors (Lipinski definition) is 2. The van der Waals surface area contributed by atoms with Gasteiger partial charge in [0, 0.05) is 5.92 Å². The predicted molar refractivity (Wildman–Crippen MR) is 92.3 cm³/mol. The monoisotopic (exact) mass is 298 g/mol. The Morgan fingerprint density at radius 1 is 0.773 bits per heavy atom. The molecule has 0 saturated heterocycles. The maximum Gasteiger partial charge on any atom is 0.122 e. The van der Waals surface area contributed by atoms with Gasteiger partial charge >= 0.3 is 0 Å². The van der Waals surface area contributed by atoms with Gasteiger partial charge in [0.2, 0.25) is 0 Å². The van der Waals surface area contributed by atoms with Gasteiger partial charge in [-0.1, -0.05) is 45.0 Å². The number of rotatable bonds is 6. The largest absolute Gasteiger partial charge is 0.496 e. The van der Waals surface area contributed by atoms with Crippen molar-refractivity contribution in [2.45, 2.75) is 39.5 Å². The zero-order chi connectivity index (χ0) is 16.1. The van der Waals surface area contributed by atoms with E-state index in [1.165, 1.54) is 22.3 Å². The molecular formula is C20H26O2. The SMILES string of the molecule is CCc1cc(C(C)c2ccc(OC)c(CC)c2)ccc1OC. The molecule has 0 fully saturated rings. The summed E-state index contributed by atoms with van der Waals surface area (Å²) in [5.41, 5.74) is 5.17. The third-order valence-electron chi connectivity index (χ3n) is 4.37. The summed E-state index contributed by atoms with van der Waals surface area (Å²) in [6.07, 6.45) is 1.96. The molecule has 0 amide bonds. The first-order valence-corrected chi connectivity index (χ1v) is 7.98. The Balaban J connectivity index is 2.37. The van der Waals surface area contributed by atoms with Crippen molar-refractivity contribution in [3.8, 4) is 11.5 Å². The fourth-order valence-corrected chi connectivity index (χ4v) is 2.88. The quantitative estimate of drug-likeness (QED) is 0.748. The third kappa shape index (κ3) is 3.27. The lowest BCUT2D eigenvalue weighted by atomic mass is 9.90. The van der Waals surface area contributed by atoms with E-state index in [9.17, 15) is 0 Å². The van der Waals surface area contributed by atoms with Crippen molar-refractivity contribution in [2.24, 2.45) is 0 Å². The molecule has 22 heavy (non-hydrogen) atoms. The molecule has 0 radical (unpaired) electrons. The van der Waals surface area contributed by atoms with Crippen LogP contribution in [0.5, 0.6) is 11.5 Å². The van der Waals surface area contributed by atoms with Gasteiger partial charge in [-0.2, -0.15) is 0 Å². The summed E-state index contributed by atoms with van der Waals surface area (Å²) in [5, 5.41) is 0. The smallest absolute Gasteiger partial charge is 0.122 e. The zero-order valence-corrected chi connectivity index (χ0v) is 14.3. The second-order valence-electron chi connectivity index (χ2n) is 5.57. The van der Waals surface area contributed by atoms with E-state index in [1.54, 1.807) is 14.2 Å². The molecule has 0 aromatic heterocycles. The Labute approximate surface area is 134 Å². The molecule has 0 atom stereocenters. The average Bonchev–Trinajstić information content (AvgIpc) is 2.59. The molecule has 0 heterocycles. The lowest BCUT2D eigenvalue weighted by Crippen LogP contribution is -2.01. The molecule has 0 unspecified atom stereocenters. The number of hydrogen-bond donors (Lipinski definition) is 0. The van der Waals surface area contributed by atoms with Crippen molar-refractivity contribution >= 4 is 0 Å². The maximum absolute atomic E-state index is 5.43. The van der Waals surface area contributed by atoms with Crippen molar-refractivity contribution in [2.75, 3.05) is 14.2 Å². The van der Waals surface area contributed by atoms with E-state index in [0.29, 0.717) is 5.92 Å². The van der Waals surface area contributed by atoms with Crippen LogP contribution in [0.1, 0.15) is 48.9 Å². The Bertz CT molecular complexity index is 576. The minimum atomic E-state index is 0.354. The van der Waals surface area contributed by atoms with Crippen LogP contribution >= 0.6 is 0 Å². The highest BCUT2D eigenvalue weighted by Gasteiger charge is 2.13. The highest BCUT2D eigenvalue weighted by molar-refractivity contribution is 5.44. The normalized spacial score (nSPS) is 10.8. The standard InChI is InChI=1S/C20H26O2/c1-6-15-12-17(8-10-19(15)21-4)14(3)18-9-11-20(22-5)16(7-2)13-18/h8-14H,6-7H2,1-5H3. The minimum absolute atomic E-state index is 0.354. The highest BCUT2D eigenvalue weighted by Crippen LogP contribution is 2.31. The third-order valence-corrected chi connectivity index (χ3v) is 4.37. The van der Waals surface area contributed by atoms with E-state index >= 15 is 0 Å². The summed E-state index contributed by atoms with van der Waals surface area (Å²) >= 11 is 0.